The molecule has 31 heavy (non-hydrogen) atoms. The van der Waals surface area contributed by atoms with E-state index in [2.05, 4.69) is 10.6 Å². The number of benzene rings is 3. The highest BCUT2D eigenvalue weighted by molar-refractivity contribution is 6.34. The van der Waals surface area contributed by atoms with Crippen LogP contribution in [-0.2, 0) is 4.79 Å². The van der Waals surface area contributed by atoms with E-state index < -0.39 is 6.10 Å². The Bertz CT molecular complexity index is 1060. The minimum absolute atomic E-state index is 0.312. The molecule has 2 amide bonds. The van der Waals surface area contributed by atoms with Gasteiger partial charge >= 0.3 is 0 Å². The molecule has 0 spiro atoms. The summed E-state index contributed by atoms with van der Waals surface area (Å²) in [5, 5.41) is 5.85. The first-order valence-electron chi connectivity index (χ1n) is 9.83. The Balaban J connectivity index is 1.71. The normalized spacial score (nSPS) is 11.3. The average molecular weight is 439 g/mol. The van der Waals surface area contributed by atoms with Crippen LogP contribution in [0.5, 0.6) is 11.5 Å². The molecular weight excluding hydrogens is 416 g/mol. The molecule has 6 nitrogen and oxygen atoms in total. The minimum atomic E-state index is -0.756. The van der Waals surface area contributed by atoms with Gasteiger partial charge in [-0.3, -0.25) is 9.59 Å². The van der Waals surface area contributed by atoms with Gasteiger partial charge in [0, 0.05) is 5.56 Å². The fourth-order valence-electron chi connectivity index (χ4n) is 2.80. The Morgan fingerprint density at radius 1 is 0.935 bits per heavy atom. The number of carbonyl (C=O) groups is 2. The molecule has 7 heteroatoms. The number of nitrogens with one attached hydrogen (secondary N) is 2. The number of anilines is 2. The molecule has 0 aromatic heterocycles. The molecule has 2 N–H and O–H groups in total. The first-order valence-corrected chi connectivity index (χ1v) is 10.2. The fraction of sp³-hybridized carbons (Fsp3) is 0.167. The second-order valence-electron chi connectivity index (χ2n) is 6.64. The van der Waals surface area contributed by atoms with Gasteiger partial charge in [-0.15, -0.1) is 0 Å². The molecule has 0 bridgehead atoms. The summed E-state index contributed by atoms with van der Waals surface area (Å²) in [4.78, 5) is 25.3. The summed E-state index contributed by atoms with van der Waals surface area (Å²) < 4.78 is 11.2. The van der Waals surface area contributed by atoms with Crippen LogP contribution in [0.15, 0.2) is 72.8 Å². The van der Waals surface area contributed by atoms with Gasteiger partial charge in [0.25, 0.3) is 11.8 Å². The Kier molecular flexibility index (Phi) is 7.51. The molecule has 0 fully saturated rings. The summed E-state index contributed by atoms with van der Waals surface area (Å²) >= 11 is 6.23. The Labute approximate surface area is 186 Å². The van der Waals surface area contributed by atoms with Gasteiger partial charge in [-0.1, -0.05) is 41.9 Å². The number of ether oxygens (including phenoxy) is 2. The molecule has 0 aliphatic heterocycles. The number of rotatable bonds is 8. The second-order valence-corrected chi connectivity index (χ2v) is 7.05. The standard InChI is InChI=1S/C24H23ClN2O4/c1-3-30-22-12-8-7-11-20(22)26-24(29)17-13-14-19(25)21(15-17)27-23(28)16(2)31-18-9-5-4-6-10-18/h4-16H,3H2,1-2H3,(H,26,29)(H,27,28)/t16-/m0/s1. The zero-order valence-corrected chi connectivity index (χ0v) is 18.0. The lowest BCUT2D eigenvalue weighted by Gasteiger charge is -2.16. The molecule has 3 rings (SSSR count). The first-order chi connectivity index (χ1) is 15.0. The average Bonchev–Trinajstić information content (AvgIpc) is 2.77. The predicted molar refractivity (Wildman–Crippen MR) is 122 cm³/mol. The lowest BCUT2D eigenvalue weighted by atomic mass is 10.1. The van der Waals surface area contributed by atoms with Gasteiger partial charge in [0.1, 0.15) is 11.5 Å². The van der Waals surface area contributed by atoms with Crippen molar-refractivity contribution in [2.45, 2.75) is 20.0 Å². The molecule has 0 aliphatic carbocycles. The van der Waals surface area contributed by atoms with Crippen LogP contribution >= 0.6 is 11.6 Å². The van der Waals surface area contributed by atoms with Crippen LogP contribution in [0.1, 0.15) is 24.2 Å². The van der Waals surface area contributed by atoms with Crippen molar-refractivity contribution < 1.29 is 19.1 Å². The van der Waals surface area contributed by atoms with Crippen molar-refractivity contribution in [3.05, 3.63) is 83.4 Å². The fourth-order valence-corrected chi connectivity index (χ4v) is 2.96. The summed E-state index contributed by atoms with van der Waals surface area (Å²) in [5.41, 5.74) is 1.21. The smallest absolute Gasteiger partial charge is 0.265 e. The number of para-hydroxylation sites is 3. The number of hydrogen-bond acceptors (Lipinski definition) is 4. The lowest BCUT2D eigenvalue weighted by Crippen LogP contribution is -2.30. The molecule has 0 saturated heterocycles. The van der Waals surface area contributed by atoms with Crippen LogP contribution in [0.4, 0.5) is 11.4 Å². The van der Waals surface area contributed by atoms with Crippen LogP contribution in [0.2, 0.25) is 5.02 Å². The third kappa shape index (κ3) is 5.99. The minimum Gasteiger partial charge on any atom is -0.492 e. The van der Waals surface area contributed by atoms with E-state index in [-0.39, 0.29) is 11.8 Å². The number of hydrogen-bond donors (Lipinski definition) is 2. The van der Waals surface area contributed by atoms with Crippen LogP contribution in [0.3, 0.4) is 0 Å². The number of halogens is 1. The molecule has 0 aliphatic rings. The lowest BCUT2D eigenvalue weighted by molar-refractivity contribution is -0.122. The van der Waals surface area contributed by atoms with E-state index in [1.54, 1.807) is 49.4 Å². The topological polar surface area (TPSA) is 76.7 Å². The van der Waals surface area contributed by atoms with Crippen molar-refractivity contribution in [1.29, 1.82) is 0 Å². The Hall–Kier alpha value is -3.51. The van der Waals surface area contributed by atoms with Crippen LogP contribution in [0.25, 0.3) is 0 Å². The summed E-state index contributed by atoms with van der Waals surface area (Å²) in [7, 11) is 0. The van der Waals surface area contributed by atoms with Crippen molar-refractivity contribution in [1.82, 2.24) is 0 Å². The molecular formula is C24H23ClN2O4. The number of carbonyl (C=O) groups excluding carboxylic acids is 2. The third-order valence-electron chi connectivity index (χ3n) is 4.35. The third-order valence-corrected chi connectivity index (χ3v) is 4.68. The van der Waals surface area contributed by atoms with E-state index >= 15 is 0 Å². The van der Waals surface area contributed by atoms with Gasteiger partial charge in [-0.25, -0.2) is 0 Å². The summed E-state index contributed by atoms with van der Waals surface area (Å²) in [6, 6.07) is 20.9. The first kappa shape index (κ1) is 22.2. The molecule has 0 saturated carbocycles. The van der Waals surface area contributed by atoms with E-state index in [1.807, 2.05) is 31.2 Å². The highest BCUT2D eigenvalue weighted by Crippen LogP contribution is 2.27. The van der Waals surface area contributed by atoms with Gasteiger partial charge in [-0.2, -0.15) is 0 Å². The molecule has 0 heterocycles. The zero-order valence-electron chi connectivity index (χ0n) is 17.2. The molecule has 160 valence electrons. The zero-order chi connectivity index (χ0) is 22.2. The van der Waals surface area contributed by atoms with E-state index in [0.29, 0.717) is 40.1 Å². The highest BCUT2D eigenvalue weighted by atomic mass is 35.5. The Morgan fingerprint density at radius 3 is 2.39 bits per heavy atom. The van der Waals surface area contributed by atoms with Gasteiger partial charge in [0.05, 0.1) is 23.0 Å². The monoisotopic (exact) mass is 438 g/mol. The second kappa shape index (κ2) is 10.5. The van der Waals surface area contributed by atoms with Crippen molar-refractivity contribution in [2.24, 2.45) is 0 Å². The maximum atomic E-state index is 12.7. The van der Waals surface area contributed by atoms with Crippen molar-refractivity contribution >= 4 is 34.8 Å². The van der Waals surface area contributed by atoms with Crippen molar-refractivity contribution in [3.63, 3.8) is 0 Å². The van der Waals surface area contributed by atoms with Gasteiger partial charge in [0.2, 0.25) is 0 Å². The van der Waals surface area contributed by atoms with Gasteiger partial charge in [-0.05, 0) is 56.3 Å². The molecule has 3 aromatic rings. The molecule has 0 radical (unpaired) electrons. The van der Waals surface area contributed by atoms with Gasteiger partial charge in [0.15, 0.2) is 6.10 Å². The van der Waals surface area contributed by atoms with Crippen molar-refractivity contribution in [2.75, 3.05) is 17.2 Å². The summed E-state index contributed by atoms with van der Waals surface area (Å²) in [6.07, 6.45) is -0.756. The van der Waals surface area contributed by atoms with Crippen LogP contribution in [0, 0.1) is 0 Å². The highest BCUT2D eigenvalue weighted by Gasteiger charge is 2.18. The Morgan fingerprint density at radius 2 is 1.65 bits per heavy atom. The van der Waals surface area contributed by atoms with Crippen LogP contribution in [-0.4, -0.2) is 24.5 Å². The molecule has 0 unspecified atom stereocenters. The molecule has 1 atom stereocenters. The summed E-state index contributed by atoms with van der Waals surface area (Å²) in [6.45, 7) is 3.99. The van der Waals surface area contributed by atoms with Gasteiger partial charge < -0.3 is 20.1 Å². The molecule has 3 aromatic carbocycles. The van der Waals surface area contributed by atoms with Crippen molar-refractivity contribution in [3.8, 4) is 11.5 Å². The van der Waals surface area contributed by atoms with Crippen LogP contribution < -0.4 is 20.1 Å². The van der Waals surface area contributed by atoms with E-state index in [0.717, 1.165) is 0 Å². The maximum Gasteiger partial charge on any atom is 0.265 e. The largest absolute Gasteiger partial charge is 0.492 e. The SMILES string of the molecule is CCOc1ccccc1NC(=O)c1ccc(Cl)c(NC(=O)[C@H](C)Oc2ccccc2)c1. The number of amides is 2. The summed E-state index contributed by atoms with van der Waals surface area (Å²) in [5.74, 6) is 0.419. The van der Waals surface area contributed by atoms with E-state index in [9.17, 15) is 9.59 Å². The predicted octanol–water partition coefficient (Wildman–Crippen LogP) is 5.40. The maximum absolute atomic E-state index is 12.7. The quantitative estimate of drug-likeness (QED) is 0.494. The van der Waals surface area contributed by atoms with E-state index in [1.165, 1.54) is 6.07 Å². The van der Waals surface area contributed by atoms with E-state index in [4.69, 9.17) is 21.1 Å².